The van der Waals surface area contributed by atoms with E-state index in [-0.39, 0.29) is 12.5 Å². The lowest BCUT2D eigenvalue weighted by atomic mass is 10.0. The highest BCUT2D eigenvalue weighted by molar-refractivity contribution is 5.78. The van der Waals surface area contributed by atoms with Crippen LogP contribution in [0.15, 0.2) is 24.5 Å². The standard InChI is InChI=1S/C16H20N6O/c1-21(2)16-12-5-8-22(14(23)9-17)10-13(12)19-15(20-16)11-3-6-18-7-4-11/h3-4,6-7H,5,8-10,17H2,1-2H3. The number of rotatable bonds is 3. The molecule has 2 aromatic heterocycles. The van der Waals surface area contributed by atoms with Gasteiger partial charge in [0.2, 0.25) is 5.91 Å². The van der Waals surface area contributed by atoms with Gasteiger partial charge in [-0.2, -0.15) is 0 Å². The number of nitrogens with zero attached hydrogens (tertiary/aromatic N) is 5. The fourth-order valence-electron chi connectivity index (χ4n) is 2.75. The molecule has 2 aromatic rings. The molecule has 7 heteroatoms. The lowest BCUT2D eigenvalue weighted by Crippen LogP contribution is -2.40. The molecule has 120 valence electrons. The molecule has 3 rings (SSSR count). The highest BCUT2D eigenvalue weighted by Gasteiger charge is 2.25. The van der Waals surface area contributed by atoms with E-state index in [4.69, 9.17) is 15.7 Å². The van der Waals surface area contributed by atoms with Crippen LogP contribution in [0.5, 0.6) is 0 Å². The second-order valence-corrected chi connectivity index (χ2v) is 5.70. The lowest BCUT2D eigenvalue weighted by Gasteiger charge is -2.30. The molecule has 7 nitrogen and oxygen atoms in total. The molecule has 0 unspecified atom stereocenters. The Morgan fingerprint density at radius 3 is 2.70 bits per heavy atom. The third-order valence-electron chi connectivity index (χ3n) is 3.93. The molecule has 2 N–H and O–H groups in total. The largest absolute Gasteiger partial charge is 0.362 e. The number of anilines is 1. The third kappa shape index (κ3) is 3.00. The van der Waals surface area contributed by atoms with Gasteiger partial charge in [-0.25, -0.2) is 9.97 Å². The van der Waals surface area contributed by atoms with Crippen molar-refractivity contribution in [3.63, 3.8) is 0 Å². The summed E-state index contributed by atoms with van der Waals surface area (Å²) >= 11 is 0. The molecular formula is C16H20N6O. The Bertz CT molecular complexity index is 716. The van der Waals surface area contributed by atoms with Gasteiger partial charge < -0.3 is 15.5 Å². The number of hydrogen-bond acceptors (Lipinski definition) is 6. The van der Waals surface area contributed by atoms with E-state index in [9.17, 15) is 4.79 Å². The molecule has 1 aliphatic rings. The summed E-state index contributed by atoms with van der Waals surface area (Å²) in [5.41, 5.74) is 8.39. The molecule has 23 heavy (non-hydrogen) atoms. The Balaban J connectivity index is 2.06. The predicted molar refractivity (Wildman–Crippen MR) is 87.8 cm³/mol. The number of aromatic nitrogens is 3. The quantitative estimate of drug-likeness (QED) is 0.885. The Labute approximate surface area is 135 Å². The monoisotopic (exact) mass is 312 g/mol. The molecule has 0 fully saturated rings. The van der Waals surface area contributed by atoms with Crippen molar-refractivity contribution in [1.82, 2.24) is 19.9 Å². The molecule has 0 aliphatic carbocycles. The summed E-state index contributed by atoms with van der Waals surface area (Å²) in [6.45, 7) is 1.16. The van der Waals surface area contributed by atoms with Crippen LogP contribution in [-0.4, -0.2) is 52.9 Å². The van der Waals surface area contributed by atoms with Crippen molar-refractivity contribution < 1.29 is 4.79 Å². The average molecular weight is 312 g/mol. The van der Waals surface area contributed by atoms with Gasteiger partial charge in [-0.05, 0) is 18.6 Å². The van der Waals surface area contributed by atoms with E-state index in [2.05, 4.69) is 4.98 Å². The zero-order valence-electron chi connectivity index (χ0n) is 13.4. The second kappa shape index (κ2) is 6.29. The van der Waals surface area contributed by atoms with Crippen molar-refractivity contribution in [1.29, 1.82) is 0 Å². The third-order valence-corrected chi connectivity index (χ3v) is 3.93. The number of amides is 1. The van der Waals surface area contributed by atoms with Crippen LogP contribution in [0.1, 0.15) is 11.3 Å². The minimum atomic E-state index is -0.0499. The maximum absolute atomic E-state index is 11.9. The highest BCUT2D eigenvalue weighted by Crippen LogP contribution is 2.28. The summed E-state index contributed by atoms with van der Waals surface area (Å²) in [6, 6.07) is 3.76. The van der Waals surface area contributed by atoms with Crippen molar-refractivity contribution in [2.75, 3.05) is 32.1 Å². The average Bonchev–Trinajstić information content (AvgIpc) is 2.60. The van der Waals surface area contributed by atoms with E-state index in [0.29, 0.717) is 18.9 Å². The van der Waals surface area contributed by atoms with Gasteiger partial charge in [0.15, 0.2) is 5.82 Å². The van der Waals surface area contributed by atoms with Crippen LogP contribution in [0.2, 0.25) is 0 Å². The number of carbonyl (C=O) groups is 1. The topological polar surface area (TPSA) is 88.2 Å². The van der Waals surface area contributed by atoms with Crippen LogP contribution >= 0.6 is 0 Å². The molecule has 1 aliphatic heterocycles. The molecule has 0 spiro atoms. The molecule has 0 bridgehead atoms. The summed E-state index contributed by atoms with van der Waals surface area (Å²) in [6.07, 6.45) is 4.18. The number of hydrogen-bond donors (Lipinski definition) is 1. The first-order valence-electron chi connectivity index (χ1n) is 7.55. The van der Waals surface area contributed by atoms with Crippen molar-refractivity contribution in [3.05, 3.63) is 35.8 Å². The number of carbonyl (C=O) groups excluding carboxylic acids is 1. The molecule has 0 saturated heterocycles. The van der Waals surface area contributed by atoms with Crippen LogP contribution in [-0.2, 0) is 17.8 Å². The van der Waals surface area contributed by atoms with Crippen LogP contribution in [0.4, 0.5) is 5.82 Å². The molecule has 0 aromatic carbocycles. The normalized spacial score (nSPS) is 13.6. The Morgan fingerprint density at radius 2 is 2.04 bits per heavy atom. The molecule has 3 heterocycles. The van der Waals surface area contributed by atoms with Crippen molar-refractivity contribution in [2.45, 2.75) is 13.0 Å². The second-order valence-electron chi connectivity index (χ2n) is 5.70. The Morgan fingerprint density at radius 1 is 1.30 bits per heavy atom. The van der Waals surface area contributed by atoms with Gasteiger partial charge in [-0.3, -0.25) is 9.78 Å². The smallest absolute Gasteiger partial charge is 0.236 e. The van der Waals surface area contributed by atoms with E-state index < -0.39 is 0 Å². The Hall–Kier alpha value is -2.54. The minimum absolute atomic E-state index is 0.0260. The van der Waals surface area contributed by atoms with Crippen LogP contribution in [0.3, 0.4) is 0 Å². The number of fused-ring (bicyclic) bond motifs is 1. The molecular weight excluding hydrogens is 292 g/mol. The Kier molecular flexibility index (Phi) is 4.20. The van der Waals surface area contributed by atoms with Crippen molar-refractivity contribution in [2.24, 2.45) is 5.73 Å². The highest BCUT2D eigenvalue weighted by atomic mass is 16.2. The van der Waals surface area contributed by atoms with Gasteiger partial charge >= 0.3 is 0 Å². The van der Waals surface area contributed by atoms with E-state index in [1.165, 1.54) is 0 Å². The zero-order chi connectivity index (χ0) is 16.4. The van der Waals surface area contributed by atoms with E-state index >= 15 is 0 Å². The molecule has 1 amide bonds. The summed E-state index contributed by atoms with van der Waals surface area (Å²) in [5, 5.41) is 0. The summed E-state index contributed by atoms with van der Waals surface area (Å²) < 4.78 is 0. The maximum atomic E-state index is 11.9. The molecule has 0 radical (unpaired) electrons. The zero-order valence-corrected chi connectivity index (χ0v) is 13.4. The van der Waals surface area contributed by atoms with Gasteiger partial charge in [-0.15, -0.1) is 0 Å². The predicted octanol–water partition coefficient (Wildman–Crippen LogP) is 0.448. The number of nitrogens with two attached hydrogens (primary N) is 1. The van der Waals surface area contributed by atoms with Crippen LogP contribution < -0.4 is 10.6 Å². The van der Waals surface area contributed by atoms with Gasteiger partial charge in [0.05, 0.1) is 18.8 Å². The van der Waals surface area contributed by atoms with Crippen molar-refractivity contribution >= 4 is 11.7 Å². The first kappa shape index (κ1) is 15.4. The first-order valence-corrected chi connectivity index (χ1v) is 7.55. The van der Waals surface area contributed by atoms with Gasteiger partial charge in [0.25, 0.3) is 0 Å². The number of pyridine rings is 1. The van der Waals surface area contributed by atoms with Gasteiger partial charge in [0, 0.05) is 44.2 Å². The van der Waals surface area contributed by atoms with E-state index in [1.54, 1.807) is 17.3 Å². The van der Waals surface area contributed by atoms with Gasteiger partial charge in [0.1, 0.15) is 5.82 Å². The van der Waals surface area contributed by atoms with Gasteiger partial charge in [-0.1, -0.05) is 0 Å². The SMILES string of the molecule is CN(C)c1nc(-c2ccncc2)nc2c1CCN(C(=O)CN)C2. The summed E-state index contributed by atoms with van der Waals surface area (Å²) in [5.74, 6) is 1.50. The summed E-state index contributed by atoms with van der Waals surface area (Å²) in [4.78, 5) is 29.1. The van der Waals surface area contributed by atoms with Crippen LogP contribution in [0.25, 0.3) is 11.4 Å². The van der Waals surface area contributed by atoms with E-state index in [0.717, 1.165) is 29.1 Å². The lowest BCUT2D eigenvalue weighted by molar-refractivity contribution is -0.130. The summed E-state index contributed by atoms with van der Waals surface area (Å²) in [7, 11) is 3.94. The van der Waals surface area contributed by atoms with Crippen LogP contribution in [0, 0.1) is 0 Å². The maximum Gasteiger partial charge on any atom is 0.236 e. The first-order chi connectivity index (χ1) is 11.1. The fraction of sp³-hybridized carbons (Fsp3) is 0.375. The van der Waals surface area contributed by atoms with E-state index in [1.807, 2.05) is 31.1 Å². The van der Waals surface area contributed by atoms with Crippen molar-refractivity contribution in [3.8, 4) is 11.4 Å². The molecule has 0 atom stereocenters. The molecule has 0 saturated carbocycles. The fourth-order valence-corrected chi connectivity index (χ4v) is 2.75. The minimum Gasteiger partial charge on any atom is -0.362 e.